The van der Waals surface area contributed by atoms with Crippen LogP contribution in [0.15, 0.2) is 36.9 Å². The number of rotatable bonds is 5. The van der Waals surface area contributed by atoms with Crippen molar-refractivity contribution in [3.05, 3.63) is 48.3 Å². The molecule has 0 heterocycles. The van der Waals surface area contributed by atoms with Gasteiger partial charge in [0.15, 0.2) is 8.32 Å². The lowest BCUT2D eigenvalue weighted by molar-refractivity contribution is 0.201. The molecule has 0 saturated carbocycles. The van der Waals surface area contributed by atoms with Crippen molar-refractivity contribution in [2.45, 2.75) is 32.2 Å². The third kappa shape index (κ3) is 4.29. The van der Waals surface area contributed by atoms with Gasteiger partial charge in [-0.3, -0.25) is 0 Å². The third-order valence-electron chi connectivity index (χ3n) is 2.10. The van der Waals surface area contributed by atoms with Gasteiger partial charge in [0.05, 0.1) is 6.10 Å². The van der Waals surface area contributed by atoms with E-state index in [2.05, 4.69) is 26.2 Å². The molecule has 1 unspecified atom stereocenters. The van der Waals surface area contributed by atoms with E-state index in [1.165, 1.54) is 12.1 Å². The van der Waals surface area contributed by atoms with Crippen molar-refractivity contribution in [3.8, 4) is 0 Å². The molecular formula is C13H19FOSi. The fraction of sp³-hybridized carbons (Fsp3) is 0.385. The van der Waals surface area contributed by atoms with Crippen molar-refractivity contribution >= 4 is 8.32 Å². The first-order valence-electron chi connectivity index (χ1n) is 5.46. The Labute approximate surface area is 98.1 Å². The Morgan fingerprint density at radius 2 is 2.12 bits per heavy atom. The van der Waals surface area contributed by atoms with Gasteiger partial charge in [0, 0.05) is 0 Å². The minimum absolute atomic E-state index is 0.0696. The molecule has 88 valence electrons. The zero-order chi connectivity index (χ0) is 12.2. The van der Waals surface area contributed by atoms with Crippen molar-refractivity contribution in [1.29, 1.82) is 0 Å². The number of halogens is 1. The van der Waals surface area contributed by atoms with Gasteiger partial charge in [-0.1, -0.05) is 18.2 Å². The van der Waals surface area contributed by atoms with Crippen LogP contribution in [0.2, 0.25) is 19.6 Å². The maximum absolute atomic E-state index is 13.1. The first-order chi connectivity index (χ1) is 7.42. The highest BCUT2D eigenvalue weighted by Gasteiger charge is 2.21. The Morgan fingerprint density at radius 3 is 2.62 bits per heavy atom. The van der Waals surface area contributed by atoms with E-state index in [9.17, 15) is 4.39 Å². The molecule has 0 aliphatic rings. The molecule has 0 aliphatic heterocycles. The van der Waals surface area contributed by atoms with Gasteiger partial charge >= 0.3 is 0 Å². The SMILES string of the molecule is C=CCC(O[Si](C)(C)C)c1cccc(F)c1. The summed E-state index contributed by atoms with van der Waals surface area (Å²) in [5.74, 6) is -0.217. The van der Waals surface area contributed by atoms with Crippen LogP contribution < -0.4 is 0 Å². The molecule has 16 heavy (non-hydrogen) atoms. The summed E-state index contributed by atoms with van der Waals surface area (Å²) in [7, 11) is -1.63. The lowest BCUT2D eigenvalue weighted by Gasteiger charge is -2.26. The van der Waals surface area contributed by atoms with Crippen molar-refractivity contribution < 1.29 is 8.82 Å². The smallest absolute Gasteiger partial charge is 0.184 e. The Balaban J connectivity index is 2.89. The second kappa shape index (κ2) is 5.41. The molecule has 0 saturated heterocycles. The maximum Gasteiger partial charge on any atom is 0.184 e. The molecule has 0 fully saturated rings. The van der Waals surface area contributed by atoms with E-state index in [4.69, 9.17) is 4.43 Å². The van der Waals surface area contributed by atoms with Gasteiger partial charge in [0.25, 0.3) is 0 Å². The van der Waals surface area contributed by atoms with E-state index in [-0.39, 0.29) is 11.9 Å². The average Bonchev–Trinajstić information content (AvgIpc) is 2.15. The molecule has 1 atom stereocenters. The van der Waals surface area contributed by atoms with Crippen LogP contribution in [0, 0.1) is 5.82 Å². The second-order valence-electron chi connectivity index (χ2n) is 4.80. The number of hydrogen-bond donors (Lipinski definition) is 0. The Kier molecular flexibility index (Phi) is 4.44. The van der Waals surface area contributed by atoms with Gasteiger partial charge in [0.1, 0.15) is 5.82 Å². The van der Waals surface area contributed by atoms with Crippen LogP contribution in [0.4, 0.5) is 4.39 Å². The van der Waals surface area contributed by atoms with Crippen LogP contribution in [0.3, 0.4) is 0 Å². The largest absolute Gasteiger partial charge is 0.410 e. The average molecular weight is 238 g/mol. The summed E-state index contributed by atoms with van der Waals surface area (Å²) in [6.07, 6.45) is 2.46. The summed E-state index contributed by atoms with van der Waals surface area (Å²) in [6, 6.07) is 6.60. The first-order valence-corrected chi connectivity index (χ1v) is 8.87. The zero-order valence-electron chi connectivity index (χ0n) is 10.2. The molecule has 0 radical (unpaired) electrons. The van der Waals surface area contributed by atoms with Crippen LogP contribution in [-0.4, -0.2) is 8.32 Å². The minimum atomic E-state index is -1.63. The molecule has 0 spiro atoms. The highest BCUT2D eigenvalue weighted by Crippen LogP contribution is 2.26. The number of hydrogen-bond acceptors (Lipinski definition) is 1. The Morgan fingerprint density at radius 1 is 1.44 bits per heavy atom. The molecular weight excluding hydrogens is 219 g/mol. The Bertz CT molecular complexity index is 357. The van der Waals surface area contributed by atoms with Gasteiger partial charge in [-0.15, -0.1) is 6.58 Å². The zero-order valence-corrected chi connectivity index (χ0v) is 11.2. The van der Waals surface area contributed by atoms with Crippen molar-refractivity contribution in [2.24, 2.45) is 0 Å². The summed E-state index contributed by atoms with van der Waals surface area (Å²) in [5.41, 5.74) is 0.891. The van der Waals surface area contributed by atoms with E-state index < -0.39 is 8.32 Å². The summed E-state index contributed by atoms with van der Waals surface area (Å²) in [4.78, 5) is 0. The van der Waals surface area contributed by atoms with Crippen LogP contribution in [0.5, 0.6) is 0 Å². The molecule has 0 aliphatic carbocycles. The molecule has 3 heteroatoms. The van der Waals surface area contributed by atoms with E-state index in [0.29, 0.717) is 6.42 Å². The molecule has 0 amide bonds. The van der Waals surface area contributed by atoms with Crippen LogP contribution in [0.1, 0.15) is 18.1 Å². The summed E-state index contributed by atoms with van der Waals surface area (Å²) in [6.45, 7) is 10.1. The topological polar surface area (TPSA) is 9.23 Å². The van der Waals surface area contributed by atoms with E-state index in [0.717, 1.165) is 5.56 Å². The normalized spacial score (nSPS) is 13.5. The van der Waals surface area contributed by atoms with Gasteiger partial charge in [-0.25, -0.2) is 4.39 Å². The van der Waals surface area contributed by atoms with E-state index in [1.54, 1.807) is 6.07 Å². The monoisotopic (exact) mass is 238 g/mol. The molecule has 0 bridgehead atoms. The number of benzene rings is 1. The first kappa shape index (κ1) is 13.1. The third-order valence-corrected chi connectivity index (χ3v) is 3.09. The lowest BCUT2D eigenvalue weighted by atomic mass is 10.1. The van der Waals surface area contributed by atoms with E-state index >= 15 is 0 Å². The molecule has 1 rings (SSSR count). The quantitative estimate of drug-likeness (QED) is 0.549. The highest BCUT2D eigenvalue weighted by atomic mass is 28.4. The van der Waals surface area contributed by atoms with Crippen molar-refractivity contribution in [1.82, 2.24) is 0 Å². The fourth-order valence-electron chi connectivity index (χ4n) is 1.54. The molecule has 1 aromatic carbocycles. The van der Waals surface area contributed by atoms with E-state index in [1.807, 2.05) is 12.1 Å². The van der Waals surface area contributed by atoms with Crippen LogP contribution in [0.25, 0.3) is 0 Å². The van der Waals surface area contributed by atoms with Gasteiger partial charge in [0.2, 0.25) is 0 Å². The van der Waals surface area contributed by atoms with Crippen molar-refractivity contribution in [3.63, 3.8) is 0 Å². The second-order valence-corrected chi connectivity index (χ2v) is 9.26. The van der Waals surface area contributed by atoms with Gasteiger partial charge in [-0.2, -0.15) is 0 Å². The van der Waals surface area contributed by atoms with Crippen molar-refractivity contribution in [2.75, 3.05) is 0 Å². The lowest BCUT2D eigenvalue weighted by Crippen LogP contribution is -2.27. The summed E-state index contributed by atoms with van der Waals surface area (Å²) in [5, 5.41) is 0. The predicted octanol–water partition coefficient (Wildman–Crippen LogP) is 4.29. The van der Waals surface area contributed by atoms with Gasteiger partial charge < -0.3 is 4.43 Å². The molecule has 0 aromatic heterocycles. The Hall–Kier alpha value is -0.933. The minimum Gasteiger partial charge on any atom is -0.410 e. The maximum atomic E-state index is 13.1. The summed E-state index contributed by atoms with van der Waals surface area (Å²) < 4.78 is 19.2. The molecule has 1 nitrogen and oxygen atoms in total. The highest BCUT2D eigenvalue weighted by molar-refractivity contribution is 6.69. The predicted molar refractivity (Wildman–Crippen MR) is 68.4 cm³/mol. The van der Waals surface area contributed by atoms with Gasteiger partial charge in [-0.05, 0) is 43.8 Å². The molecule has 0 N–H and O–H groups in total. The standard InChI is InChI=1S/C13H19FOSi/c1-5-7-13(15-16(2,3)4)11-8-6-9-12(14)10-11/h5-6,8-10,13H,1,7H2,2-4H3. The molecule has 1 aromatic rings. The van der Waals surface area contributed by atoms with Crippen LogP contribution in [-0.2, 0) is 4.43 Å². The fourth-order valence-corrected chi connectivity index (χ4v) is 2.62. The van der Waals surface area contributed by atoms with Crippen LogP contribution >= 0.6 is 0 Å². The summed E-state index contributed by atoms with van der Waals surface area (Å²) >= 11 is 0.